The molecular weight excluding hydrogens is 1110 g/mol. The number of aromatic amines is 2. The molecule has 1 aliphatic rings. The Labute approximate surface area is 423 Å². The van der Waals surface area contributed by atoms with Gasteiger partial charge in [-0.1, -0.05) is 82.8 Å². The topological polar surface area (TPSA) is 158 Å². The van der Waals surface area contributed by atoms with E-state index < -0.39 is 6.10 Å². The molecule has 1 radical (unpaired) electrons. The summed E-state index contributed by atoms with van der Waals surface area (Å²) >= 11 is 25.2. The van der Waals surface area contributed by atoms with E-state index >= 15 is 0 Å². The predicted octanol–water partition coefficient (Wildman–Crippen LogP) is 10.1. The van der Waals surface area contributed by atoms with Gasteiger partial charge in [-0.2, -0.15) is 0 Å². The second-order valence-corrected chi connectivity index (χ2v) is 16.8. The molecule has 0 spiro atoms. The number of aryl methyl sites for hydroxylation is 4. The number of hydrogen-bond donors (Lipinski definition) is 5. The Morgan fingerprint density at radius 2 is 1.23 bits per heavy atom. The molecule has 327 valence electrons. The van der Waals surface area contributed by atoms with Gasteiger partial charge in [0, 0.05) is 83.5 Å². The molecule has 1 fully saturated rings. The molecule has 0 amide bonds. The number of halogens is 4. The minimum atomic E-state index is -0.950. The van der Waals surface area contributed by atoms with Gasteiger partial charge in [-0.05, 0) is 78.2 Å². The first-order valence-electron chi connectivity index (χ1n) is 20.0. The maximum absolute atomic E-state index is 13.2. The van der Waals surface area contributed by atoms with E-state index in [1.165, 1.54) is 6.08 Å². The first kappa shape index (κ1) is 47.8. The number of para-hydroxylation sites is 2. The van der Waals surface area contributed by atoms with Crippen LogP contribution < -0.4 is 21.8 Å². The number of pyridine rings is 2. The first-order chi connectivity index (χ1) is 30.3. The van der Waals surface area contributed by atoms with Crippen molar-refractivity contribution in [3.63, 3.8) is 0 Å². The number of rotatable bonds is 9. The summed E-state index contributed by atoms with van der Waals surface area (Å²) in [5.74, 6) is 1.04. The van der Waals surface area contributed by atoms with E-state index in [0.717, 1.165) is 66.0 Å². The van der Waals surface area contributed by atoms with Crippen molar-refractivity contribution in [1.82, 2.24) is 34.0 Å². The van der Waals surface area contributed by atoms with Crippen molar-refractivity contribution in [2.75, 3.05) is 43.5 Å². The van der Waals surface area contributed by atoms with Gasteiger partial charge in [0.05, 0.1) is 83.2 Å². The minimum absolute atomic E-state index is 0. The van der Waals surface area contributed by atoms with Crippen LogP contribution in [-0.2, 0) is 18.8 Å². The van der Waals surface area contributed by atoms with Crippen molar-refractivity contribution in [2.24, 2.45) is 14.1 Å². The number of nitrogens with zero attached hydrogens (tertiary/aromatic N) is 5. The third-order valence-electron chi connectivity index (χ3n) is 11.3. The molecule has 9 rings (SSSR count). The molecule has 64 heavy (non-hydrogen) atoms. The fourth-order valence-electron chi connectivity index (χ4n) is 7.91. The van der Waals surface area contributed by atoms with Gasteiger partial charge in [-0.25, -0.2) is 9.97 Å². The Kier molecular flexibility index (Phi) is 15.0. The van der Waals surface area contributed by atoms with Crippen molar-refractivity contribution < 1.29 is 53.9 Å². The van der Waals surface area contributed by atoms with Crippen LogP contribution in [-0.4, -0.2) is 71.9 Å². The van der Waals surface area contributed by atoms with Crippen molar-refractivity contribution in [1.29, 1.82) is 0 Å². The number of anilines is 4. The van der Waals surface area contributed by atoms with Crippen LogP contribution in [0.3, 0.4) is 0 Å². The van der Waals surface area contributed by atoms with Gasteiger partial charge in [0.25, 0.3) is 11.1 Å². The fourth-order valence-corrected chi connectivity index (χ4v) is 8.89. The fraction of sp³-hybridized carbons (Fsp3) is 0.217. The van der Waals surface area contributed by atoms with Crippen LogP contribution in [0.15, 0.2) is 89.0 Å². The van der Waals surface area contributed by atoms with Crippen LogP contribution in [0.25, 0.3) is 49.7 Å². The number of hydrogen-bond acceptors (Lipinski definition) is 9. The van der Waals surface area contributed by atoms with Gasteiger partial charge in [0.15, 0.2) is 0 Å². The number of fused-ring (bicyclic) bond motifs is 6. The minimum Gasteiger partial charge on any atom is -0.383 e. The summed E-state index contributed by atoms with van der Waals surface area (Å²) in [6, 6.07) is 18.1. The van der Waals surface area contributed by atoms with E-state index in [9.17, 15) is 14.7 Å². The molecule has 13 nitrogen and oxygen atoms in total. The van der Waals surface area contributed by atoms with Crippen molar-refractivity contribution >= 4 is 119 Å². The first-order valence-corrected chi connectivity index (χ1v) is 21.5. The Morgan fingerprint density at radius 1 is 0.766 bits per heavy atom. The third kappa shape index (κ3) is 9.27. The molecule has 5 heterocycles. The molecule has 0 aliphatic carbocycles. The second-order valence-electron chi connectivity index (χ2n) is 15.1. The van der Waals surface area contributed by atoms with Crippen LogP contribution >= 0.6 is 46.4 Å². The van der Waals surface area contributed by atoms with Gasteiger partial charge >= 0.3 is 0 Å². The zero-order valence-corrected chi connectivity index (χ0v) is 43.1. The number of aromatic nitrogens is 6. The number of aliphatic hydroxyl groups is 1. The van der Waals surface area contributed by atoms with Crippen LogP contribution in [0.4, 0.5) is 23.3 Å². The Balaban J connectivity index is 0.000000191. The summed E-state index contributed by atoms with van der Waals surface area (Å²) in [6.45, 7) is 11.7. The number of nitrogens with one attached hydrogen (secondary N) is 4. The summed E-state index contributed by atoms with van der Waals surface area (Å²) < 4.78 is 9.05. The van der Waals surface area contributed by atoms with E-state index in [4.69, 9.17) is 51.1 Å². The SMILES string of the molecule is C=CC(O)c1[nH]c(=O)c2c(ccc3nc(Nc4c(Cl)cccc4Cl)n(C)c32)c1C.Cc1c(/C=C/CN2CCOCC2)[nH]c(=O)c2c1ccc1nc(Nc3c(Cl)cccc3Cl)n(C)c12.[Ac]. The van der Waals surface area contributed by atoms with Crippen LogP contribution in [0.2, 0.25) is 20.1 Å². The predicted molar refractivity (Wildman–Crippen MR) is 258 cm³/mol. The average Bonchev–Trinajstić information content (AvgIpc) is 3.77. The molecule has 1 unspecified atom stereocenters. The van der Waals surface area contributed by atoms with E-state index in [2.05, 4.69) is 48.1 Å². The van der Waals surface area contributed by atoms with Crippen LogP contribution in [0.5, 0.6) is 0 Å². The van der Waals surface area contributed by atoms with E-state index in [1.807, 2.05) is 62.9 Å². The van der Waals surface area contributed by atoms with Gasteiger partial charge in [0.1, 0.15) is 6.10 Å². The van der Waals surface area contributed by atoms with Gasteiger partial charge in [-0.3, -0.25) is 14.5 Å². The Hall–Kier alpha value is -4.20. The molecule has 5 N–H and O–H groups in total. The van der Waals surface area contributed by atoms with Gasteiger partial charge in [0.2, 0.25) is 11.9 Å². The summed E-state index contributed by atoms with van der Waals surface area (Å²) in [4.78, 5) is 43.6. The Morgan fingerprint density at radius 3 is 1.72 bits per heavy atom. The number of imidazole rings is 2. The number of aliphatic hydroxyl groups excluding tert-OH is 1. The molecule has 18 heteroatoms. The molecule has 1 aliphatic heterocycles. The molecule has 4 aromatic heterocycles. The average molecular weight is 1150 g/mol. The zero-order valence-electron chi connectivity index (χ0n) is 35.3. The number of ether oxygens (including phenoxy) is 1. The smallest absolute Gasteiger partial charge is 0.258 e. The standard InChI is InChI=1S/C25H25Cl2N5O2.C21H18Cl2N4O2.Ac/c1-15-16-8-9-20-23(31(2)25(29-20)30-22-17(26)5-3-6-18(22)27)21(16)24(33)28-19(15)7-4-10-32-11-13-34-14-12-32;1-4-15(28)17-10(2)11-8-9-14-19(16(11)20(29)25-17)27(3)21(24-14)26-18-12(22)6-5-7-13(18)23;/h3-9H,10-14H2,1-2H3,(H,28,33)(H,29,30);4-9,15,28H,1H2,2-3H3,(H,24,26)(H,25,29);/b7-4+;;. The van der Waals surface area contributed by atoms with Crippen molar-refractivity contribution in [2.45, 2.75) is 20.0 Å². The summed E-state index contributed by atoms with van der Waals surface area (Å²) in [7, 11) is 3.68. The summed E-state index contributed by atoms with van der Waals surface area (Å²) in [6.07, 6.45) is 4.51. The monoisotopic (exact) mass is 1150 g/mol. The zero-order chi connectivity index (χ0) is 44.7. The quantitative estimate of drug-likeness (QED) is 0.0888. The normalized spacial score (nSPS) is 13.6. The molecule has 1 atom stereocenters. The van der Waals surface area contributed by atoms with Crippen molar-refractivity contribution in [3.8, 4) is 0 Å². The van der Waals surface area contributed by atoms with Gasteiger partial charge in [-0.15, -0.1) is 6.58 Å². The van der Waals surface area contributed by atoms with E-state index in [0.29, 0.717) is 76.4 Å². The second kappa shape index (κ2) is 20.1. The number of benzene rings is 4. The molecule has 0 bridgehead atoms. The van der Waals surface area contributed by atoms with Gasteiger partial charge < -0.3 is 39.6 Å². The molecule has 4 aromatic carbocycles. The van der Waals surface area contributed by atoms with E-state index in [1.54, 1.807) is 41.0 Å². The maximum Gasteiger partial charge on any atom is 0.258 e. The third-order valence-corrected chi connectivity index (χ3v) is 12.6. The largest absolute Gasteiger partial charge is 0.383 e. The Bertz CT molecular complexity index is 3210. The molecule has 8 aromatic rings. The molecular formula is C46H43AcCl4N9O4. The van der Waals surface area contributed by atoms with E-state index in [-0.39, 0.29) is 55.2 Å². The summed E-state index contributed by atoms with van der Waals surface area (Å²) in [5, 5.41) is 21.2. The van der Waals surface area contributed by atoms with Crippen LogP contribution in [0, 0.1) is 57.9 Å². The number of morpholine rings is 1. The number of H-pyrrole nitrogens is 2. The summed E-state index contributed by atoms with van der Waals surface area (Å²) in [5.41, 5.74) is 6.46. The van der Waals surface area contributed by atoms with Crippen molar-refractivity contribution in [3.05, 3.63) is 143 Å². The maximum atomic E-state index is 13.2. The molecule has 1 saturated heterocycles. The molecule has 0 saturated carbocycles. The van der Waals surface area contributed by atoms with Crippen LogP contribution in [0.1, 0.15) is 28.6 Å².